The molecule has 0 aromatic carbocycles. The number of nitrogens with zero attached hydrogens (tertiary/aromatic N) is 8. The van der Waals surface area contributed by atoms with Crippen molar-refractivity contribution in [3.05, 3.63) is 90.8 Å². The zero-order chi connectivity index (χ0) is 22.9. The van der Waals surface area contributed by atoms with Crippen LogP contribution in [0.15, 0.2) is 79.5 Å². The van der Waals surface area contributed by atoms with Gasteiger partial charge in [0.1, 0.15) is 5.69 Å². The Balaban J connectivity index is 1.34. The number of aromatic amines is 1. The van der Waals surface area contributed by atoms with Crippen molar-refractivity contribution in [1.82, 2.24) is 45.1 Å². The molecule has 6 rings (SSSR count). The maximum absolute atomic E-state index is 4.87. The molecular weight excluding hydrogens is 426 g/mol. The van der Waals surface area contributed by atoms with E-state index in [0.717, 1.165) is 56.2 Å². The Morgan fingerprint density at radius 3 is 2.74 bits per heavy atom. The lowest BCUT2D eigenvalue weighted by Crippen LogP contribution is -2.00. The van der Waals surface area contributed by atoms with Crippen molar-refractivity contribution >= 4 is 11.0 Å². The third-order valence-corrected chi connectivity index (χ3v) is 5.50. The van der Waals surface area contributed by atoms with Crippen LogP contribution in [0.4, 0.5) is 0 Å². The van der Waals surface area contributed by atoms with Crippen LogP contribution in [-0.4, -0.2) is 45.1 Å². The van der Waals surface area contributed by atoms with E-state index in [1.54, 1.807) is 23.3 Å². The second-order valence-electron chi connectivity index (χ2n) is 7.94. The number of hydrogen-bond donors (Lipinski definition) is 1. The molecule has 0 radical (unpaired) electrons. The van der Waals surface area contributed by atoms with Crippen LogP contribution in [0.5, 0.6) is 0 Å². The van der Waals surface area contributed by atoms with Gasteiger partial charge in [-0.05, 0) is 48.9 Å². The first kappa shape index (κ1) is 19.9. The van der Waals surface area contributed by atoms with Gasteiger partial charge in [0.25, 0.3) is 0 Å². The molecule has 0 atom stereocenters. The van der Waals surface area contributed by atoms with Crippen molar-refractivity contribution in [1.29, 1.82) is 0 Å². The summed E-state index contributed by atoms with van der Waals surface area (Å²) in [5, 5.41) is 15.9. The normalized spacial score (nSPS) is 11.2. The molecule has 0 saturated heterocycles. The summed E-state index contributed by atoms with van der Waals surface area (Å²) in [4.78, 5) is 18.2. The number of hydrogen-bond acceptors (Lipinski definition) is 7. The number of rotatable bonds is 5. The summed E-state index contributed by atoms with van der Waals surface area (Å²) in [5.74, 6) is 0. The number of fused-ring (bicyclic) bond motifs is 1. The first-order valence-corrected chi connectivity index (χ1v) is 10.8. The van der Waals surface area contributed by atoms with Gasteiger partial charge in [-0.3, -0.25) is 20.1 Å². The molecule has 0 aliphatic heterocycles. The Morgan fingerprint density at radius 1 is 0.882 bits per heavy atom. The molecule has 6 aromatic heterocycles. The molecule has 0 aliphatic rings. The predicted octanol–water partition coefficient (Wildman–Crippen LogP) is 4.09. The predicted molar refractivity (Wildman–Crippen MR) is 127 cm³/mol. The minimum Gasteiger partial charge on any atom is -0.276 e. The zero-order valence-corrected chi connectivity index (χ0v) is 18.3. The first-order valence-electron chi connectivity index (χ1n) is 10.8. The summed E-state index contributed by atoms with van der Waals surface area (Å²) in [6.45, 7) is 2.56. The molecule has 0 aliphatic carbocycles. The van der Waals surface area contributed by atoms with Crippen molar-refractivity contribution in [2.75, 3.05) is 0 Å². The fraction of sp³-hybridized carbons (Fsp3) is 0.0800. The maximum atomic E-state index is 4.87. The fourth-order valence-corrected chi connectivity index (χ4v) is 3.84. The summed E-state index contributed by atoms with van der Waals surface area (Å²) in [6, 6.07) is 15.7. The molecule has 0 saturated carbocycles. The molecule has 6 aromatic rings. The number of aryl methyl sites for hydroxylation is 1. The molecule has 1 N–H and O–H groups in total. The van der Waals surface area contributed by atoms with E-state index in [1.807, 2.05) is 67.8 Å². The van der Waals surface area contributed by atoms with Crippen LogP contribution in [-0.2, 0) is 6.54 Å². The lowest BCUT2D eigenvalue weighted by Gasteiger charge is -2.05. The number of H-pyrrole nitrogens is 1. The molecule has 9 nitrogen and oxygen atoms in total. The smallest absolute Gasteiger partial charge is 0.114 e. The maximum Gasteiger partial charge on any atom is 0.114 e. The van der Waals surface area contributed by atoms with Crippen LogP contribution < -0.4 is 0 Å². The highest BCUT2D eigenvalue weighted by molar-refractivity contribution is 5.84. The van der Waals surface area contributed by atoms with Crippen LogP contribution in [0.25, 0.3) is 44.9 Å². The molecule has 6 heterocycles. The van der Waals surface area contributed by atoms with Gasteiger partial charge < -0.3 is 0 Å². The average Bonchev–Trinajstić information content (AvgIpc) is 3.54. The second kappa shape index (κ2) is 8.28. The van der Waals surface area contributed by atoms with Gasteiger partial charge >= 0.3 is 0 Å². The standard InChI is InChI=1S/C25H19N9/c1-16-4-2-6-22(29-16)25-19(13-28-32-25)20-7-8-21-23(30-20)10-18(12-27-21)24-15-34(33-31-24)14-17-5-3-9-26-11-17/h2-13,15H,14H2,1H3,(H,28,32). The average molecular weight is 445 g/mol. The lowest BCUT2D eigenvalue weighted by molar-refractivity contribution is 0.648. The zero-order valence-electron chi connectivity index (χ0n) is 18.3. The van der Waals surface area contributed by atoms with Gasteiger partial charge in [0, 0.05) is 35.4 Å². The van der Waals surface area contributed by atoms with E-state index in [0.29, 0.717) is 6.54 Å². The molecule has 0 amide bonds. The monoisotopic (exact) mass is 445 g/mol. The molecule has 0 bridgehead atoms. The third kappa shape index (κ3) is 3.79. The van der Waals surface area contributed by atoms with Crippen LogP contribution in [0.3, 0.4) is 0 Å². The van der Waals surface area contributed by atoms with E-state index >= 15 is 0 Å². The van der Waals surface area contributed by atoms with Crippen LogP contribution >= 0.6 is 0 Å². The van der Waals surface area contributed by atoms with Crippen molar-refractivity contribution in [3.8, 4) is 33.9 Å². The number of aromatic nitrogens is 9. The Morgan fingerprint density at radius 2 is 1.85 bits per heavy atom. The molecule has 0 fully saturated rings. The molecule has 0 spiro atoms. The lowest BCUT2D eigenvalue weighted by atomic mass is 10.1. The van der Waals surface area contributed by atoms with E-state index < -0.39 is 0 Å². The SMILES string of the molecule is Cc1cccc(-c2[nH]ncc2-c2ccc3ncc(-c4cn(Cc5cccnc5)nn4)cc3n2)n1. The molecule has 9 heteroatoms. The van der Waals surface area contributed by atoms with Crippen molar-refractivity contribution in [2.45, 2.75) is 13.5 Å². The fourth-order valence-electron chi connectivity index (χ4n) is 3.84. The van der Waals surface area contributed by atoms with Gasteiger partial charge in [0.05, 0.1) is 47.1 Å². The Hall–Kier alpha value is -4.79. The quantitative estimate of drug-likeness (QED) is 0.425. The molecule has 0 unspecified atom stereocenters. The second-order valence-corrected chi connectivity index (χ2v) is 7.94. The number of pyridine rings is 4. The molecule has 34 heavy (non-hydrogen) atoms. The Kier molecular flexibility index (Phi) is 4.84. The highest BCUT2D eigenvalue weighted by Gasteiger charge is 2.14. The van der Waals surface area contributed by atoms with Crippen molar-refractivity contribution in [2.24, 2.45) is 0 Å². The summed E-state index contributed by atoms with van der Waals surface area (Å²) >= 11 is 0. The van der Waals surface area contributed by atoms with E-state index in [-0.39, 0.29) is 0 Å². The molecule has 164 valence electrons. The summed E-state index contributed by atoms with van der Waals surface area (Å²) < 4.78 is 1.78. The topological polar surface area (TPSA) is 111 Å². The van der Waals surface area contributed by atoms with Gasteiger partial charge in [-0.25, -0.2) is 9.67 Å². The number of nitrogens with one attached hydrogen (secondary N) is 1. The van der Waals surface area contributed by atoms with Gasteiger partial charge in [0.15, 0.2) is 0 Å². The Labute approximate surface area is 194 Å². The highest BCUT2D eigenvalue weighted by atomic mass is 15.4. The van der Waals surface area contributed by atoms with E-state index in [4.69, 9.17) is 4.98 Å². The van der Waals surface area contributed by atoms with Gasteiger partial charge in [-0.15, -0.1) is 5.10 Å². The highest BCUT2D eigenvalue weighted by Crippen LogP contribution is 2.29. The van der Waals surface area contributed by atoms with Gasteiger partial charge in [0.2, 0.25) is 0 Å². The van der Waals surface area contributed by atoms with Crippen molar-refractivity contribution < 1.29 is 0 Å². The van der Waals surface area contributed by atoms with Crippen LogP contribution in [0.1, 0.15) is 11.3 Å². The Bertz CT molecular complexity index is 1600. The van der Waals surface area contributed by atoms with Crippen LogP contribution in [0.2, 0.25) is 0 Å². The van der Waals surface area contributed by atoms with E-state index in [2.05, 4.69) is 35.5 Å². The van der Waals surface area contributed by atoms with Gasteiger partial charge in [-0.2, -0.15) is 5.10 Å². The minimum atomic E-state index is 0.598. The van der Waals surface area contributed by atoms with Crippen molar-refractivity contribution in [3.63, 3.8) is 0 Å². The van der Waals surface area contributed by atoms with Gasteiger partial charge in [-0.1, -0.05) is 17.3 Å². The molecular formula is C25H19N9. The summed E-state index contributed by atoms with van der Waals surface area (Å²) in [6.07, 6.45) is 9.04. The summed E-state index contributed by atoms with van der Waals surface area (Å²) in [5.41, 5.74) is 8.47. The van der Waals surface area contributed by atoms with E-state index in [9.17, 15) is 0 Å². The first-order chi connectivity index (χ1) is 16.7. The minimum absolute atomic E-state index is 0.598. The third-order valence-electron chi connectivity index (χ3n) is 5.50. The largest absolute Gasteiger partial charge is 0.276 e. The van der Waals surface area contributed by atoms with Crippen LogP contribution in [0, 0.1) is 6.92 Å². The van der Waals surface area contributed by atoms with E-state index in [1.165, 1.54) is 0 Å². The summed E-state index contributed by atoms with van der Waals surface area (Å²) in [7, 11) is 0.